The van der Waals surface area contributed by atoms with Crippen LogP contribution in [0.2, 0.25) is 0 Å². The molecule has 0 aliphatic heterocycles. The molecule has 11 heteroatoms. The van der Waals surface area contributed by atoms with Crippen LogP contribution in [-0.4, -0.2) is 40.9 Å². The quantitative estimate of drug-likeness (QED) is 0.363. The fourth-order valence-electron chi connectivity index (χ4n) is 2.81. The summed E-state index contributed by atoms with van der Waals surface area (Å²) in [7, 11) is 3.25. The van der Waals surface area contributed by atoms with E-state index in [-0.39, 0.29) is 5.56 Å². The minimum Gasteiger partial charge on any atom is -0.493 e. The molecule has 3 heterocycles. The molecular weight excluding hydrogens is 442 g/mol. The molecule has 0 saturated heterocycles. The first-order chi connectivity index (χ1) is 14.7. The molecule has 0 aliphatic rings. The molecule has 3 aromatic heterocycles. The molecule has 156 valence electrons. The number of thioether (sulfide) groups is 1. The van der Waals surface area contributed by atoms with Crippen molar-refractivity contribution in [3.8, 4) is 11.5 Å². The molecule has 0 bridgehead atoms. The highest BCUT2D eigenvalue weighted by molar-refractivity contribution is 8.00. The van der Waals surface area contributed by atoms with Crippen molar-refractivity contribution < 1.29 is 9.47 Å². The summed E-state index contributed by atoms with van der Waals surface area (Å²) in [6, 6.07) is 7.75. The lowest BCUT2D eigenvalue weighted by Gasteiger charge is -2.09. The number of methoxy groups -OCH3 is 2. The smallest absolute Gasteiger partial charge is 0.268 e. The second-order valence-corrected chi connectivity index (χ2v) is 9.29. The summed E-state index contributed by atoms with van der Waals surface area (Å²) in [4.78, 5) is 19.4. The third-order valence-corrected chi connectivity index (χ3v) is 7.17. The third-order valence-electron chi connectivity index (χ3n) is 4.24. The predicted octanol–water partition coefficient (Wildman–Crippen LogP) is 3.80. The van der Waals surface area contributed by atoms with Gasteiger partial charge in [0.25, 0.3) is 5.56 Å². The molecule has 8 nitrogen and oxygen atoms in total. The minimum atomic E-state index is -0.0969. The normalized spacial score (nSPS) is 11.0. The Bertz CT molecular complexity index is 1200. The molecule has 0 unspecified atom stereocenters. The Hall–Kier alpha value is -2.63. The Morgan fingerprint density at radius 2 is 2.03 bits per heavy atom. The Morgan fingerprint density at radius 3 is 2.87 bits per heavy atom. The van der Waals surface area contributed by atoms with E-state index in [9.17, 15) is 4.79 Å². The Labute approximate surface area is 184 Å². The number of nitrogens with zero attached hydrogens (tertiary/aromatic N) is 3. The van der Waals surface area contributed by atoms with Crippen LogP contribution >= 0.6 is 34.4 Å². The first kappa shape index (κ1) is 20.6. The fourth-order valence-corrected chi connectivity index (χ4v) is 5.18. The molecule has 0 amide bonds. The second kappa shape index (κ2) is 9.45. The maximum absolute atomic E-state index is 12.0. The molecule has 0 saturated carbocycles. The lowest BCUT2D eigenvalue weighted by Crippen LogP contribution is -2.09. The van der Waals surface area contributed by atoms with Crippen LogP contribution in [0.3, 0.4) is 0 Å². The first-order valence-electron chi connectivity index (χ1n) is 9.03. The SMILES string of the molecule is COc1ccc(CCNc2nnc(SCc3nc4ccsc4c(=O)[nH]3)s2)cc1OC. The molecule has 4 rings (SSSR count). The number of rotatable bonds is 9. The zero-order chi connectivity index (χ0) is 20.9. The van der Waals surface area contributed by atoms with Crippen molar-refractivity contribution in [1.82, 2.24) is 20.2 Å². The monoisotopic (exact) mass is 461 g/mol. The summed E-state index contributed by atoms with van der Waals surface area (Å²) in [6.07, 6.45) is 0.814. The average molecular weight is 462 g/mol. The number of H-pyrrole nitrogens is 1. The molecule has 0 atom stereocenters. The van der Waals surface area contributed by atoms with E-state index >= 15 is 0 Å². The lowest BCUT2D eigenvalue weighted by molar-refractivity contribution is 0.354. The highest BCUT2D eigenvalue weighted by Crippen LogP contribution is 2.29. The molecule has 0 radical (unpaired) electrons. The van der Waals surface area contributed by atoms with Crippen molar-refractivity contribution in [2.75, 3.05) is 26.1 Å². The maximum atomic E-state index is 12.0. The van der Waals surface area contributed by atoms with Gasteiger partial charge in [0.1, 0.15) is 10.5 Å². The molecular formula is C19H19N5O3S3. The summed E-state index contributed by atoms with van der Waals surface area (Å²) in [5.74, 6) is 2.60. The zero-order valence-corrected chi connectivity index (χ0v) is 18.7. The van der Waals surface area contributed by atoms with Gasteiger partial charge >= 0.3 is 0 Å². The molecule has 0 spiro atoms. The fraction of sp³-hybridized carbons (Fsp3) is 0.263. The summed E-state index contributed by atoms with van der Waals surface area (Å²) in [5.41, 5.74) is 1.77. The molecule has 1 aromatic carbocycles. The summed E-state index contributed by atoms with van der Waals surface area (Å²) < 4.78 is 12.1. The van der Waals surface area contributed by atoms with Crippen LogP contribution in [0.15, 0.2) is 38.8 Å². The number of aromatic nitrogens is 4. The van der Waals surface area contributed by atoms with Crippen LogP contribution in [0.1, 0.15) is 11.4 Å². The van der Waals surface area contributed by atoms with Gasteiger partial charge in [0, 0.05) is 6.54 Å². The second-order valence-electron chi connectivity index (χ2n) is 6.18. The maximum Gasteiger partial charge on any atom is 0.268 e. The van der Waals surface area contributed by atoms with E-state index in [1.807, 2.05) is 29.6 Å². The van der Waals surface area contributed by atoms with Gasteiger partial charge in [-0.3, -0.25) is 4.79 Å². The van der Waals surface area contributed by atoms with Gasteiger partial charge in [0.15, 0.2) is 15.8 Å². The summed E-state index contributed by atoms with van der Waals surface area (Å²) in [6.45, 7) is 0.721. The van der Waals surface area contributed by atoms with E-state index in [1.165, 1.54) is 34.4 Å². The van der Waals surface area contributed by atoms with Crippen LogP contribution in [0.5, 0.6) is 11.5 Å². The Morgan fingerprint density at radius 1 is 1.17 bits per heavy atom. The minimum absolute atomic E-state index is 0.0969. The van der Waals surface area contributed by atoms with Crippen molar-refractivity contribution in [2.45, 2.75) is 16.5 Å². The standard InChI is InChI=1S/C19H19N5O3S3/c1-26-13-4-3-11(9-14(13)27-2)5-7-20-18-23-24-19(30-18)29-10-15-21-12-6-8-28-16(12)17(25)22-15/h3-4,6,8-9H,5,7,10H2,1-2H3,(H,20,23)(H,21,22,25). The number of thiophene rings is 1. The number of aromatic amines is 1. The Kier molecular flexibility index (Phi) is 6.50. The van der Waals surface area contributed by atoms with E-state index in [0.29, 0.717) is 22.0 Å². The van der Waals surface area contributed by atoms with Gasteiger partial charge in [0.2, 0.25) is 5.13 Å². The number of hydrogen-bond donors (Lipinski definition) is 2. The molecule has 0 aliphatic carbocycles. The van der Waals surface area contributed by atoms with Crippen LogP contribution in [0.25, 0.3) is 10.2 Å². The van der Waals surface area contributed by atoms with Gasteiger partial charge in [-0.05, 0) is 35.6 Å². The van der Waals surface area contributed by atoms with Crippen LogP contribution in [0, 0.1) is 0 Å². The molecule has 4 aromatic rings. The number of nitrogens with one attached hydrogen (secondary N) is 2. The number of fused-ring (bicyclic) bond motifs is 1. The van der Waals surface area contributed by atoms with Crippen LogP contribution < -0.4 is 20.3 Å². The molecule has 30 heavy (non-hydrogen) atoms. The van der Waals surface area contributed by atoms with Crippen LogP contribution in [-0.2, 0) is 12.2 Å². The first-order valence-corrected chi connectivity index (χ1v) is 11.7. The Balaban J connectivity index is 1.30. The van der Waals surface area contributed by atoms with Gasteiger partial charge in [-0.15, -0.1) is 21.5 Å². The van der Waals surface area contributed by atoms with Gasteiger partial charge in [-0.25, -0.2) is 4.98 Å². The van der Waals surface area contributed by atoms with Crippen molar-refractivity contribution in [3.63, 3.8) is 0 Å². The largest absolute Gasteiger partial charge is 0.493 e. The van der Waals surface area contributed by atoms with Gasteiger partial charge in [-0.2, -0.15) is 0 Å². The van der Waals surface area contributed by atoms with E-state index in [0.717, 1.165) is 39.3 Å². The zero-order valence-electron chi connectivity index (χ0n) is 16.3. The number of hydrogen-bond acceptors (Lipinski definition) is 10. The number of benzene rings is 1. The summed E-state index contributed by atoms with van der Waals surface area (Å²) >= 11 is 4.37. The lowest BCUT2D eigenvalue weighted by atomic mass is 10.1. The topological polar surface area (TPSA) is 102 Å². The van der Waals surface area contributed by atoms with Crippen molar-refractivity contribution in [3.05, 3.63) is 51.4 Å². The van der Waals surface area contributed by atoms with Crippen molar-refractivity contribution >= 4 is 49.8 Å². The van der Waals surface area contributed by atoms with Crippen LogP contribution in [0.4, 0.5) is 5.13 Å². The highest BCUT2D eigenvalue weighted by Gasteiger charge is 2.09. The highest BCUT2D eigenvalue weighted by atomic mass is 32.2. The van der Waals surface area contributed by atoms with E-state index in [2.05, 4.69) is 25.5 Å². The van der Waals surface area contributed by atoms with Gasteiger partial charge in [-0.1, -0.05) is 29.2 Å². The molecule has 2 N–H and O–H groups in total. The third kappa shape index (κ3) is 4.74. The number of ether oxygens (including phenoxy) is 2. The van der Waals surface area contributed by atoms with E-state index in [1.54, 1.807) is 14.2 Å². The van der Waals surface area contributed by atoms with Gasteiger partial charge < -0.3 is 19.8 Å². The molecule has 0 fully saturated rings. The van der Waals surface area contributed by atoms with Gasteiger partial charge in [0.05, 0.1) is 25.5 Å². The van der Waals surface area contributed by atoms with Crippen molar-refractivity contribution in [2.24, 2.45) is 0 Å². The van der Waals surface area contributed by atoms with Crippen molar-refractivity contribution in [1.29, 1.82) is 0 Å². The van der Waals surface area contributed by atoms with E-state index < -0.39 is 0 Å². The van der Waals surface area contributed by atoms with E-state index in [4.69, 9.17) is 9.47 Å². The summed E-state index contributed by atoms with van der Waals surface area (Å²) in [5, 5.41) is 14.3. The predicted molar refractivity (Wildman–Crippen MR) is 121 cm³/mol. The average Bonchev–Trinajstić information content (AvgIpc) is 3.42. The number of anilines is 1.